The van der Waals surface area contributed by atoms with Gasteiger partial charge in [0.2, 0.25) is 11.6 Å². The Balaban J connectivity index is 2.36. The van der Waals surface area contributed by atoms with Crippen molar-refractivity contribution in [3.63, 3.8) is 0 Å². The summed E-state index contributed by atoms with van der Waals surface area (Å²) in [5.41, 5.74) is 0.612. The van der Waals surface area contributed by atoms with Gasteiger partial charge in [0.1, 0.15) is 0 Å². The van der Waals surface area contributed by atoms with Gasteiger partial charge in [-0.2, -0.15) is 0 Å². The number of aromatic nitrogens is 4. The molecule has 6 heteroatoms. The van der Waals surface area contributed by atoms with E-state index in [2.05, 4.69) is 15.5 Å². The molecule has 0 atom stereocenters. The lowest BCUT2D eigenvalue weighted by Gasteiger charge is -2.02. The fourth-order valence-corrected chi connectivity index (χ4v) is 1.93. The molecule has 0 saturated carbocycles. The molecule has 5 nitrogen and oxygen atoms in total. The summed E-state index contributed by atoms with van der Waals surface area (Å²) in [4.78, 5) is 13.2. The van der Waals surface area contributed by atoms with Gasteiger partial charge in [0.05, 0.1) is 0 Å². The van der Waals surface area contributed by atoms with Gasteiger partial charge in [-0.25, -0.2) is 4.68 Å². The predicted molar refractivity (Wildman–Crippen MR) is 65.1 cm³/mol. The van der Waals surface area contributed by atoms with Gasteiger partial charge in [-0.05, 0) is 35.7 Å². The average Bonchev–Trinajstić information content (AvgIpc) is 2.86. The third-order valence-corrected chi connectivity index (χ3v) is 3.09. The SMILES string of the molecule is CCn1nnnc1C(=O)c1cccc(SC)c1. The molecule has 0 radical (unpaired) electrons. The van der Waals surface area contributed by atoms with Crippen LogP contribution in [0, 0.1) is 0 Å². The van der Waals surface area contributed by atoms with Gasteiger partial charge in [0.25, 0.3) is 0 Å². The Morgan fingerprint density at radius 1 is 1.47 bits per heavy atom. The monoisotopic (exact) mass is 248 g/mol. The van der Waals surface area contributed by atoms with E-state index in [9.17, 15) is 4.79 Å². The Hall–Kier alpha value is -1.69. The van der Waals surface area contributed by atoms with E-state index in [0.29, 0.717) is 12.1 Å². The predicted octanol–water partition coefficient (Wildman–Crippen LogP) is 1.65. The molecule has 1 aromatic heterocycles. The van der Waals surface area contributed by atoms with Crippen molar-refractivity contribution in [3.05, 3.63) is 35.7 Å². The van der Waals surface area contributed by atoms with Crippen molar-refractivity contribution in [3.8, 4) is 0 Å². The van der Waals surface area contributed by atoms with Gasteiger partial charge < -0.3 is 0 Å². The zero-order valence-electron chi connectivity index (χ0n) is 9.62. The first-order valence-electron chi connectivity index (χ1n) is 5.21. The maximum absolute atomic E-state index is 12.2. The average molecular weight is 248 g/mol. The molecule has 17 heavy (non-hydrogen) atoms. The summed E-state index contributed by atoms with van der Waals surface area (Å²) in [5, 5.41) is 11.0. The zero-order chi connectivity index (χ0) is 12.3. The van der Waals surface area contributed by atoms with Crippen molar-refractivity contribution in [1.29, 1.82) is 0 Å². The van der Waals surface area contributed by atoms with Gasteiger partial charge in [-0.3, -0.25) is 4.79 Å². The highest BCUT2D eigenvalue weighted by molar-refractivity contribution is 7.98. The lowest BCUT2D eigenvalue weighted by atomic mass is 10.1. The van der Waals surface area contributed by atoms with E-state index in [1.54, 1.807) is 17.8 Å². The second kappa shape index (κ2) is 5.09. The van der Waals surface area contributed by atoms with E-state index in [1.165, 1.54) is 4.68 Å². The molecule has 0 aliphatic rings. The number of hydrogen-bond donors (Lipinski definition) is 0. The molecule has 1 heterocycles. The maximum atomic E-state index is 12.2. The van der Waals surface area contributed by atoms with Gasteiger partial charge in [-0.15, -0.1) is 16.9 Å². The fraction of sp³-hybridized carbons (Fsp3) is 0.273. The normalized spacial score (nSPS) is 10.5. The summed E-state index contributed by atoms with van der Waals surface area (Å²) < 4.78 is 1.49. The Labute approximate surface area is 103 Å². The Bertz CT molecular complexity index is 538. The summed E-state index contributed by atoms with van der Waals surface area (Å²) in [6.07, 6.45) is 1.97. The summed E-state index contributed by atoms with van der Waals surface area (Å²) >= 11 is 1.60. The van der Waals surface area contributed by atoms with Crippen LogP contribution in [0.3, 0.4) is 0 Å². The van der Waals surface area contributed by atoms with Crippen molar-refractivity contribution >= 4 is 17.5 Å². The summed E-state index contributed by atoms with van der Waals surface area (Å²) in [7, 11) is 0. The number of carbonyl (C=O) groups excluding carboxylic acids is 1. The minimum atomic E-state index is -0.146. The van der Waals surface area contributed by atoms with Gasteiger partial charge in [0.15, 0.2) is 0 Å². The van der Waals surface area contributed by atoms with Crippen molar-refractivity contribution < 1.29 is 4.79 Å². The number of rotatable bonds is 4. The van der Waals surface area contributed by atoms with Crippen LogP contribution in [0.1, 0.15) is 23.1 Å². The second-order valence-electron chi connectivity index (χ2n) is 3.38. The summed E-state index contributed by atoms with van der Waals surface area (Å²) in [6, 6.07) is 7.45. The van der Waals surface area contributed by atoms with Crippen LogP contribution in [0.5, 0.6) is 0 Å². The van der Waals surface area contributed by atoms with E-state index in [1.807, 2.05) is 31.4 Å². The highest BCUT2D eigenvalue weighted by Gasteiger charge is 2.16. The zero-order valence-corrected chi connectivity index (χ0v) is 10.4. The van der Waals surface area contributed by atoms with Crippen LogP contribution >= 0.6 is 11.8 Å². The molecule has 88 valence electrons. The molecule has 0 amide bonds. The molecular formula is C11H12N4OS. The lowest BCUT2D eigenvalue weighted by Crippen LogP contribution is -2.11. The van der Waals surface area contributed by atoms with Crippen LogP contribution in [0.25, 0.3) is 0 Å². The molecule has 0 bridgehead atoms. The van der Waals surface area contributed by atoms with E-state index >= 15 is 0 Å². The second-order valence-corrected chi connectivity index (χ2v) is 4.26. The van der Waals surface area contributed by atoms with Crippen LogP contribution in [-0.2, 0) is 6.54 Å². The van der Waals surface area contributed by atoms with Crippen LogP contribution < -0.4 is 0 Å². The van der Waals surface area contributed by atoms with E-state index in [0.717, 1.165) is 4.90 Å². The van der Waals surface area contributed by atoms with Crippen molar-refractivity contribution in [2.24, 2.45) is 0 Å². The molecule has 0 saturated heterocycles. The van der Waals surface area contributed by atoms with E-state index in [-0.39, 0.29) is 11.6 Å². The summed E-state index contributed by atoms with van der Waals surface area (Å²) in [6.45, 7) is 2.47. The van der Waals surface area contributed by atoms with Crippen molar-refractivity contribution in [2.45, 2.75) is 18.4 Å². The molecule has 1 aromatic carbocycles. The largest absolute Gasteiger partial charge is 0.285 e. The minimum Gasteiger partial charge on any atom is -0.285 e. The number of tetrazole rings is 1. The minimum absolute atomic E-state index is 0.146. The Morgan fingerprint density at radius 3 is 3.00 bits per heavy atom. The Morgan fingerprint density at radius 2 is 2.29 bits per heavy atom. The van der Waals surface area contributed by atoms with E-state index < -0.39 is 0 Å². The highest BCUT2D eigenvalue weighted by Crippen LogP contribution is 2.17. The van der Waals surface area contributed by atoms with Gasteiger partial charge >= 0.3 is 0 Å². The number of benzene rings is 1. The van der Waals surface area contributed by atoms with Crippen LogP contribution in [0.4, 0.5) is 0 Å². The molecule has 0 aliphatic heterocycles. The van der Waals surface area contributed by atoms with Gasteiger partial charge in [0, 0.05) is 17.0 Å². The number of carbonyl (C=O) groups is 1. The quantitative estimate of drug-likeness (QED) is 0.608. The van der Waals surface area contributed by atoms with Gasteiger partial charge in [-0.1, -0.05) is 12.1 Å². The lowest BCUT2D eigenvalue weighted by molar-refractivity contribution is 0.102. The number of nitrogens with zero attached hydrogens (tertiary/aromatic N) is 4. The Kier molecular flexibility index (Phi) is 3.53. The van der Waals surface area contributed by atoms with Crippen LogP contribution in [0.15, 0.2) is 29.2 Å². The standard InChI is InChI=1S/C11H12N4OS/c1-3-15-11(12-13-14-15)10(16)8-5-4-6-9(7-8)17-2/h4-7H,3H2,1-2H3. The number of aryl methyl sites for hydroxylation is 1. The third-order valence-electron chi connectivity index (χ3n) is 2.37. The molecule has 0 spiro atoms. The first kappa shape index (κ1) is 11.8. The highest BCUT2D eigenvalue weighted by atomic mass is 32.2. The molecule has 0 N–H and O–H groups in total. The first-order valence-corrected chi connectivity index (χ1v) is 6.43. The summed E-state index contributed by atoms with van der Waals surface area (Å²) in [5.74, 6) is 0.138. The molecule has 0 fully saturated rings. The topological polar surface area (TPSA) is 60.7 Å². The van der Waals surface area contributed by atoms with Crippen LogP contribution in [0.2, 0.25) is 0 Å². The fourth-order valence-electron chi connectivity index (χ4n) is 1.47. The molecule has 0 unspecified atom stereocenters. The van der Waals surface area contributed by atoms with Crippen molar-refractivity contribution in [2.75, 3.05) is 6.26 Å². The molecular weight excluding hydrogens is 236 g/mol. The first-order chi connectivity index (χ1) is 8.26. The number of hydrogen-bond acceptors (Lipinski definition) is 5. The smallest absolute Gasteiger partial charge is 0.231 e. The van der Waals surface area contributed by atoms with E-state index in [4.69, 9.17) is 0 Å². The molecule has 2 aromatic rings. The number of thioether (sulfide) groups is 1. The van der Waals surface area contributed by atoms with Crippen molar-refractivity contribution in [1.82, 2.24) is 20.2 Å². The molecule has 2 rings (SSSR count). The maximum Gasteiger partial charge on any atom is 0.231 e. The molecule has 0 aliphatic carbocycles. The third kappa shape index (κ3) is 2.36. The van der Waals surface area contributed by atoms with Crippen LogP contribution in [-0.4, -0.2) is 32.2 Å². The number of ketones is 1.